The second kappa shape index (κ2) is 9.66. The third-order valence-electron chi connectivity index (χ3n) is 5.19. The molecule has 1 atom stereocenters. The fraction of sp³-hybridized carbons (Fsp3) is 0.409. The van der Waals surface area contributed by atoms with Crippen LogP contribution in [0.5, 0.6) is 5.75 Å². The number of carbonyl (C=O) groups is 1. The van der Waals surface area contributed by atoms with Crippen molar-refractivity contribution in [3.05, 3.63) is 65.5 Å². The molecule has 0 saturated carbocycles. The molecule has 1 fully saturated rings. The van der Waals surface area contributed by atoms with Crippen LogP contribution in [0, 0.1) is 5.82 Å². The molecule has 2 aromatic rings. The quantitative estimate of drug-likeness (QED) is 0.796. The number of carbonyl (C=O) groups excluding carboxylic acids is 1. The van der Waals surface area contributed by atoms with Gasteiger partial charge in [0.1, 0.15) is 11.6 Å². The molecule has 3 rings (SSSR count). The maximum atomic E-state index is 13.5. The summed E-state index contributed by atoms with van der Waals surface area (Å²) in [6.45, 7) is 5.67. The first-order valence-electron chi connectivity index (χ1n) is 9.72. The van der Waals surface area contributed by atoms with Crippen LogP contribution in [-0.4, -0.2) is 55.5 Å². The summed E-state index contributed by atoms with van der Waals surface area (Å²) in [4.78, 5) is 17.0. The number of hydrogen-bond donors (Lipinski definition) is 1. The minimum absolute atomic E-state index is 0.0496. The number of piperazine rings is 1. The van der Waals surface area contributed by atoms with E-state index < -0.39 is 0 Å². The molecule has 1 N–H and O–H groups in total. The Morgan fingerprint density at radius 2 is 2.11 bits per heavy atom. The Morgan fingerprint density at radius 1 is 1.29 bits per heavy atom. The fourth-order valence-corrected chi connectivity index (χ4v) is 3.69. The monoisotopic (exact) mass is 385 g/mol. The van der Waals surface area contributed by atoms with Crippen molar-refractivity contribution >= 4 is 5.91 Å². The molecule has 28 heavy (non-hydrogen) atoms. The average molecular weight is 385 g/mol. The molecule has 1 aliphatic heterocycles. The van der Waals surface area contributed by atoms with Crippen LogP contribution in [0.25, 0.3) is 0 Å². The third kappa shape index (κ3) is 4.88. The zero-order chi connectivity index (χ0) is 19.9. The number of rotatable bonds is 7. The highest BCUT2D eigenvalue weighted by atomic mass is 19.1. The lowest BCUT2D eigenvalue weighted by Gasteiger charge is -2.37. The molecule has 0 aromatic heterocycles. The maximum Gasteiger partial charge on any atom is 0.237 e. The lowest BCUT2D eigenvalue weighted by Crippen LogP contribution is -2.50. The first-order valence-corrected chi connectivity index (χ1v) is 9.72. The summed E-state index contributed by atoms with van der Waals surface area (Å²) in [7, 11) is 1.67. The highest BCUT2D eigenvalue weighted by Crippen LogP contribution is 2.30. The SMILES string of the molecule is CCN(Cc1cccc(F)c1)C(=O)CN1CCNCC1c1ccccc1OC. The summed E-state index contributed by atoms with van der Waals surface area (Å²) < 4.78 is 19.0. The molecule has 5 nitrogen and oxygen atoms in total. The first-order chi connectivity index (χ1) is 13.6. The number of amides is 1. The third-order valence-corrected chi connectivity index (χ3v) is 5.19. The van der Waals surface area contributed by atoms with Gasteiger partial charge in [-0.05, 0) is 30.7 Å². The second-order valence-corrected chi connectivity index (χ2v) is 6.97. The number of nitrogens with one attached hydrogen (secondary N) is 1. The molecule has 0 bridgehead atoms. The van der Waals surface area contributed by atoms with Gasteiger partial charge in [-0.3, -0.25) is 9.69 Å². The van der Waals surface area contributed by atoms with E-state index >= 15 is 0 Å². The molecule has 1 saturated heterocycles. The summed E-state index contributed by atoms with van der Waals surface area (Å²) >= 11 is 0. The Morgan fingerprint density at radius 3 is 2.86 bits per heavy atom. The molecular weight excluding hydrogens is 357 g/mol. The van der Waals surface area contributed by atoms with Crippen LogP contribution in [0.3, 0.4) is 0 Å². The molecule has 0 spiro atoms. The van der Waals surface area contributed by atoms with Crippen LogP contribution >= 0.6 is 0 Å². The van der Waals surface area contributed by atoms with Gasteiger partial charge < -0.3 is 15.0 Å². The topological polar surface area (TPSA) is 44.8 Å². The van der Waals surface area contributed by atoms with Gasteiger partial charge in [0.25, 0.3) is 0 Å². The van der Waals surface area contributed by atoms with Crippen molar-refractivity contribution in [2.45, 2.75) is 19.5 Å². The molecule has 6 heteroatoms. The Hall–Kier alpha value is -2.44. The summed E-state index contributed by atoms with van der Waals surface area (Å²) in [6.07, 6.45) is 0. The first kappa shape index (κ1) is 20.3. The minimum atomic E-state index is -0.278. The molecule has 1 heterocycles. The van der Waals surface area contributed by atoms with E-state index in [4.69, 9.17) is 4.74 Å². The van der Waals surface area contributed by atoms with Gasteiger partial charge in [-0.1, -0.05) is 30.3 Å². The van der Waals surface area contributed by atoms with Crippen molar-refractivity contribution in [3.63, 3.8) is 0 Å². The largest absolute Gasteiger partial charge is 0.496 e. The average Bonchev–Trinajstić information content (AvgIpc) is 2.72. The zero-order valence-corrected chi connectivity index (χ0v) is 16.5. The zero-order valence-electron chi connectivity index (χ0n) is 16.5. The van der Waals surface area contributed by atoms with E-state index in [-0.39, 0.29) is 17.8 Å². The number of nitrogens with zero attached hydrogens (tertiary/aromatic N) is 2. The minimum Gasteiger partial charge on any atom is -0.496 e. The molecular formula is C22H28FN3O2. The lowest BCUT2D eigenvalue weighted by molar-refractivity contribution is -0.133. The van der Waals surface area contributed by atoms with Crippen molar-refractivity contribution in [3.8, 4) is 5.75 Å². The van der Waals surface area contributed by atoms with Crippen molar-refractivity contribution in [2.24, 2.45) is 0 Å². The van der Waals surface area contributed by atoms with Gasteiger partial charge in [-0.25, -0.2) is 4.39 Å². The Labute approximate surface area is 166 Å². The number of methoxy groups -OCH3 is 1. The van der Waals surface area contributed by atoms with Crippen LogP contribution in [0.15, 0.2) is 48.5 Å². The molecule has 2 aromatic carbocycles. The number of para-hydroxylation sites is 1. The van der Waals surface area contributed by atoms with Crippen molar-refractivity contribution in [1.82, 2.24) is 15.1 Å². The molecule has 150 valence electrons. The number of likely N-dealkylation sites (N-methyl/N-ethyl adjacent to an activating group) is 1. The lowest BCUT2D eigenvalue weighted by atomic mass is 10.0. The van der Waals surface area contributed by atoms with Crippen molar-refractivity contribution in [1.29, 1.82) is 0 Å². The number of ether oxygens (including phenoxy) is 1. The highest BCUT2D eigenvalue weighted by Gasteiger charge is 2.28. The second-order valence-electron chi connectivity index (χ2n) is 6.97. The van der Waals surface area contributed by atoms with Crippen LogP contribution < -0.4 is 10.1 Å². The number of benzene rings is 2. The maximum absolute atomic E-state index is 13.5. The molecule has 1 amide bonds. The van der Waals surface area contributed by atoms with Gasteiger partial charge in [-0.15, -0.1) is 0 Å². The smallest absolute Gasteiger partial charge is 0.237 e. The van der Waals surface area contributed by atoms with Crippen LogP contribution in [0.2, 0.25) is 0 Å². The Balaban J connectivity index is 1.72. The summed E-state index contributed by atoms with van der Waals surface area (Å²) in [5.74, 6) is 0.605. The molecule has 0 aliphatic carbocycles. The van der Waals surface area contributed by atoms with Gasteiger partial charge in [0.05, 0.1) is 19.7 Å². The van der Waals surface area contributed by atoms with Crippen LogP contribution in [0.1, 0.15) is 24.1 Å². The molecule has 1 unspecified atom stereocenters. The van der Waals surface area contributed by atoms with Crippen molar-refractivity contribution < 1.29 is 13.9 Å². The summed E-state index contributed by atoms with van der Waals surface area (Å²) in [5, 5.41) is 3.41. The van der Waals surface area contributed by atoms with Crippen LogP contribution in [-0.2, 0) is 11.3 Å². The van der Waals surface area contributed by atoms with Gasteiger partial charge >= 0.3 is 0 Å². The molecule has 0 radical (unpaired) electrons. The number of hydrogen-bond acceptors (Lipinski definition) is 4. The predicted octanol–water partition coefficient (Wildman–Crippen LogP) is 2.83. The van der Waals surface area contributed by atoms with Gasteiger partial charge in [0.15, 0.2) is 0 Å². The van der Waals surface area contributed by atoms with Crippen molar-refractivity contribution in [2.75, 3.05) is 39.8 Å². The number of halogens is 1. The Bertz CT molecular complexity index is 799. The van der Waals surface area contributed by atoms with E-state index in [2.05, 4.69) is 16.3 Å². The fourth-order valence-electron chi connectivity index (χ4n) is 3.69. The van der Waals surface area contributed by atoms with E-state index in [9.17, 15) is 9.18 Å². The predicted molar refractivity (Wildman–Crippen MR) is 108 cm³/mol. The van der Waals surface area contributed by atoms with E-state index in [1.165, 1.54) is 12.1 Å². The standard InChI is InChI=1S/C22H28FN3O2/c1-3-25(15-17-7-6-8-18(23)13-17)22(27)16-26-12-11-24-14-20(26)19-9-4-5-10-21(19)28-2/h4-10,13,20,24H,3,11-12,14-16H2,1-2H3. The highest BCUT2D eigenvalue weighted by molar-refractivity contribution is 5.78. The van der Waals surface area contributed by atoms with Gasteiger partial charge in [0, 0.05) is 38.3 Å². The van der Waals surface area contributed by atoms with E-state index in [0.717, 1.165) is 36.5 Å². The molecule has 1 aliphatic rings. The van der Waals surface area contributed by atoms with E-state index in [1.807, 2.05) is 31.2 Å². The Kier molecular flexibility index (Phi) is 7.01. The van der Waals surface area contributed by atoms with E-state index in [1.54, 1.807) is 18.1 Å². The van der Waals surface area contributed by atoms with E-state index in [0.29, 0.717) is 19.6 Å². The van der Waals surface area contributed by atoms with Gasteiger partial charge in [-0.2, -0.15) is 0 Å². The normalized spacial score (nSPS) is 17.3. The summed E-state index contributed by atoms with van der Waals surface area (Å²) in [6, 6.07) is 14.4. The van der Waals surface area contributed by atoms with Gasteiger partial charge in [0.2, 0.25) is 5.91 Å². The van der Waals surface area contributed by atoms with Crippen LogP contribution in [0.4, 0.5) is 4.39 Å². The summed E-state index contributed by atoms with van der Waals surface area (Å²) in [5.41, 5.74) is 1.88.